The number of hydrogen-bond donors (Lipinski definition) is 1. The lowest BCUT2D eigenvalue weighted by Crippen LogP contribution is -2.27. The Balaban J connectivity index is 2.90. The van der Waals surface area contributed by atoms with E-state index in [0.717, 1.165) is 12.0 Å². The molecule has 0 amide bonds. The van der Waals surface area contributed by atoms with Crippen LogP contribution in [-0.4, -0.2) is 11.1 Å². The topological polar surface area (TPSA) is 37.3 Å². The van der Waals surface area contributed by atoms with Crippen molar-refractivity contribution in [3.05, 3.63) is 11.6 Å². The molecule has 11 heavy (non-hydrogen) atoms. The molecule has 1 aliphatic rings. The third-order valence-corrected chi connectivity index (χ3v) is 2.43. The van der Waals surface area contributed by atoms with Crippen LogP contribution in [0.15, 0.2) is 11.6 Å². The molecule has 1 rings (SSSR count). The first kappa shape index (κ1) is 8.31. The molecule has 1 aliphatic carbocycles. The van der Waals surface area contributed by atoms with Gasteiger partial charge in [-0.1, -0.05) is 25.5 Å². The number of carbonyl (C=O) groups is 1. The molecule has 0 radical (unpaired) electrons. The summed E-state index contributed by atoms with van der Waals surface area (Å²) in [6, 6.07) is 0. The lowest BCUT2D eigenvalue weighted by Gasteiger charge is -2.24. The normalized spacial score (nSPS) is 28.3. The van der Waals surface area contributed by atoms with Crippen molar-refractivity contribution in [2.24, 2.45) is 11.3 Å². The molecule has 62 valence electrons. The lowest BCUT2D eigenvalue weighted by atomic mass is 9.79. The first-order valence-electron chi connectivity index (χ1n) is 3.84. The van der Waals surface area contributed by atoms with Gasteiger partial charge in [-0.25, -0.2) is 0 Å². The Hall–Kier alpha value is -0.790. The van der Waals surface area contributed by atoms with Gasteiger partial charge < -0.3 is 5.11 Å². The van der Waals surface area contributed by atoms with Gasteiger partial charge >= 0.3 is 5.97 Å². The van der Waals surface area contributed by atoms with E-state index in [1.54, 1.807) is 0 Å². The Morgan fingerprint density at radius 1 is 1.73 bits per heavy atom. The van der Waals surface area contributed by atoms with Crippen molar-refractivity contribution in [3.8, 4) is 0 Å². The highest BCUT2D eigenvalue weighted by molar-refractivity contribution is 5.75. The van der Waals surface area contributed by atoms with E-state index in [1.165, 1.54) is 0 Å². The molecule has 2 nitrogen and oxygen atoms in total. The highest BCUT2D eigenvalue weighted by Crippen LogP contribution is 2.42. The van der Waals surface area contributed by atoms with Gasteiger partial charge in [0.2, 0.25) is 0 Å². The molecule has 1 N–H and O–H groups in total. The monoisotopic (exact) mass is 154 g/mol. The van der Waals surface area contributed by atoms with E-state index in [4.69, 9.17) is 5.11 Å². The highest BCUT2D eigenvalue weighted by Gasteiger charge is 2.39. The van der Waals surface area contributed by atoms with Gasteiger partial charge in [0, 0.05) is 0 Å². The highest BCUT2D eigenvalue weighted by atomic mass is 16.4. The first-order valence-corrected chi connectivity index (χ1v) is 3.84. The molecule has 0 aliphatic heterocycles. The van der Waals surface area contributed by atoms with E-state index in [2.05, 4.69) is 0 Å². The summed E-state index contributed by atoms with van der Waals surface area (Å²) in [6.07, 6.45) is 2.91. The maximum Gasteiger partial charge on any atom is 0.311 e. The second-order valence-corrected chi connectivity index (χ2v) is 3.91. The molecular weight excluding hydrogens is 140 g/mol. The van der Waals surface area contributed by atoms with E-state index < -0.39 is 5.97 Å². The van der Waals surface area contributed by atoms with Crippen LogP contribution < -0.4 is 0 Å². The summed E-state index contributed by atoms with van der Waals surface area (Å²) in [5.41, 5.74) is 0.915. The van der Waals surface area contributed by atoms with Crippen LogP contribution in [0, 0.1) is 11.3 Å². The van der Waals surface area contributed by atoms with Crippen LogP contribution >= 0.6 is 0 Å². The van der Waals surface area contributed by atoms with Crippen LogP contribution in [0.2, 0.25) is 0 Å². The fraction of sp³-hybridized carbons (Fsp3) is 0.667. The van der Waals surface area contributed by atoms with Crippen molar-refractivity contribution >= 4 is 5.97 Å². The van der Waals surface area contributed by atoms with Crippen molar-refractivity contribution in [2.75, 3.05) is 0 Å². The number of aliphatic carboxylic acids is 1. The van der Waals surface area contributed by atoms with Crippen molar-refractivity contribution in [1.29, 1.82) is 0 Å². The van der Waals surface area contributed by atoms with Crippen LogP contribution in [-0.2, 0) is 4.79 Å². The summed E-state index contributed by atoms with van der Waals surface area (Å²) >= 11 is 0. The average Bonchev–Trinajstić information content (AvgIpc) is 2.06. The van der Waals surface area contributed by atoms with Gasteiger partial charge in [0.05, 0.1) is 5.92 Å². The number of allylic oxidation sites excluding steroid dienone is 1. The van der Waals surface area contributed by atoms with E-state index in [-0.39, 0.29) is 11.3 Å². The summed E-state index contributed by atoms with van der Waals surface area (Å²) in [5, 5.41) is 8.88. The maximum atomic E-state index is 10.8. The Kier molecular flexibility index (Phi) is 1.78. The predicted octanol–water partition coefficient (Wildman–Crippen LogP) is 2.06. The molecule has 1 atom stereocenters. The summed E-state index contributed by atoms with van der Waals surface area (Å²) < 4.78 is 0. The molecule has 0 fully saturated rings. The van der Waals surface area contributed by atoms with E-state index in [9.17, 15) is 4.79 Å². The van der Waals surface area contributed by atoms with Crippen LogP contribution in [0.1, 0.15) is 27.2 Å². The Morgan fingerprint density at radius 2 is 2.27 bits per heavy atom. The zero-order chi connectivity index (χ0) is 8.65. The molecule has 1 unspecified atom stereocenters. The van der Waals surface area contributed by atoms with Gasteiger partial charge in [-0.05, 0) is 18.8 Å². The van der Waals surface area contributed by atoms with Gasteiger partial charge in [-0.2, -0.15) is 0 Å². The molecule has 0 saturated heterocycles. The van der Waals surface area contributed by atoms with E-state index in [0.29, 0.717) is 0 Å². The maximum absolute atomic E-state index is 10.8. The van der Waals surface area contributed by atoms with Crippen LogP contribution in [0.3, 0.4) is 0 Å². The van der Waals surface area contributed by atoms with Crippen LogP contribution in [0.25, 0.3) is 0 Å². The predicted molar refractivity (Wildman–Crippen MR) is 43.3 cm³/mol. The van der Waals surface area contributed by atoms with Crippen LogP contribution in [0.4, 0.5) is 0 Å². The molecule has 0 bridgehead atoms. The molecule has 0 saturated carbocycles. The second-order valence-electron chi connectivity index (χ2n) is 3.91. The number of rotatable bonds is 1. The second kappa shape index (κ2) is 2.36. The fourth-order valence-corrected chi connectivity index (χ4v) is 1.81. The molecule has 0 spiro atoms. The Morgan fingerprint density at radius 3 is 2.45 bits per heavy atom. The summed E-state index contributed by atoms with van der Waals surface area (Å²) in [4.78, 5) is 10.8. The first-order chi connectivity index (χ1) is 4.95. The minimum Gasteiger partial charge on any atom is -0.481 e. The van der Waals surface area contributed by atoms with Crippen molar-refractivity contribution in [2.45, 2.75) is 27.2 Å². The zero-order valence-electron chi connectivity index (χ0n) is 7.22. The lowest BCUT2D eigenvalue weighted by molar-refractivity contribution is -0.143. The van der Waals surface area contributed by atoms with Gasteiger partial charge in [0.1, 0.15) is 0 Å². The smallest absolute Gasteiger partial charge is 0.311 e. The molecular formula is C9H14O2. The van der Waals surface area contributed by atoms with Crippen LogP contribution in [0.5, 0.6) is 0 Å². The fourth-order valence-electron chi connectivity index (χ4n) is 1.81. The molecule has 0 aromatic heterocycles. The zero-order valence-corrected chi connectivity index (χ0v) is 7.22. The Bertz CT molecular complexity index is 214. The van der Waals surface area contributed by atoms with Gasteiger partial charge in [-0.3, -0.25) is 4.79 Å². The van der Waals surface area contributed by atoms with E-state index in [1.807, 2.05) is 26.8 Å². The molecule has 0 aromatic rings. The number of carboxylic acid groups (broad SMARTS) is 1. The minimum atomic E-state index is -0.693. The van der Waals surface area contributed by atoms with Crippen molar-refractivity contribution < 1.29 is 9.90 Å². The Labute approximate surface area is 66.9 Å². The molecule has 2 heteroatoms. The average molecular weight is 154 g/mol. The van der Waals surface area contributed by atoms with E-state index >= 15 is 0 Å². The molecule has 0 heterocycles. The summed E-state index contributed by atoms with van der Waals surface area (Å²) in [7, 11) is 0. The van der Waals surface area contributed by atoms with Gasteiger partial charge in [-0.15, -0.1) is 0 Å². The number of hydrogen-bond acceptors (Lipinski definition) is 1. The number of carboxylic acids is 1. The van der Waals surface area contributed by atoms with Gasteiger partial charge in [0.15, 0.2) is 0 Å². The third kappa shape index (κ3) is 1.30. The SMILES string of the molecule is CC1=CCC(C)(C)C1C(=O)O. The standard InChI is InChI=1S/C9H14O2/c1-6-4-5-9(2,3)7(6)8(10)11/h4,7H,5H2,1-3H3,(H,10,11). The van der Waals surface area contributed by atoms with Gasteiger partial charge in [0.25, 0.3) is 0 Å². The largest absolute Gasteiger partial charge is 0.481 e. The quantitative estimate of drug-likeness (QED) is 0.587. The molecule has 0 aromatic carbocycles. The minimum absolute atomic E-state index is 0.0874. The van der Waals surface area contributed by atoms with Crippen molar-refractivity contribution in [1.82, 2.24) is 0 Å². The summed E-state index contributed by atoms with van der Waals surface area (Å²) in [6.45, 7) is 5.89. The third-order valence-electron chi connectivity index (χ3n) is 2.43. The van der Waals surface area contributed by atoms with Crippen molar-refractivity contribution in [3.63, 3.8) is 0 Å². The summed E-state index contributed by atoms with van der Waals surface area (Å²) in [5.74, 6) is -0.969.